The van der Waals surface area contributed by atoms with Crippen LogP contribution in [-0.4, -0.2) is 21.6 Å². The molecule has 0 aliphatic heterocycles. The highest BCUT2D eigenvalue weighted by Crippen LogP contribution is 2.03. The van der Waals surface area contributed by atoms with Gasteiger partial charge in [-0.05, 0) is 37.6 Å². The zero-order valence-electron chi connectivity index (χ0n) is 12.4. The van der Waals surface area contributed by atoms with Crippen molar-refractivity contribution >= 4 is 11.8 Å². The lowest BCUT2D eigenvalue weighted by Crippen LogP contribution is -2.44. The molecule has 7 heteroatoms. The van der Waals surface area contributed by atoms with Crippen molar-refractivity contribution in [3.05, 3.63) is 53.1 Å². The fraction of sp³-hybridized carbons (Fsp3) is 0.267. The number of nitrogens with one attached hydrogen (secondary N) is 2. The summed E-state index contributed by atoms with van der Waals surface area (Å²) in [5, 5.41) is 4.16. The van der Waals surface area contributed by atoms with Crippen molar-refractivity contribution in [3.8, 4) is 0 Å². The Morgan fingerprint density at radius 2 is 1.77 bits per heavy atom. The quantitative estimate of drug-likeness (QED) is 0.828. The predicted octanol–water partition coefficient (Wildman–Crippen LogP) is 1.03. The van der Waals surface area contributed by atoms with Gasteiger partial charge >= 0.3 is 0 Å². The van der Waals surface area contributed by atoms with Crippen molar-refractivity contribution in [2.24, 2.45) is 0 Å². The number of rotatable bonds is 4. The Balaban J connectivity index is 1.79. The number of hydrogen-bond acceptors (Lipinski definition) is 3. The summed E-state index contributed by atoms with van der Waals surface area (Å²) in [5.74, 6) is -1.12. The lowest BCUT2D eigenvalue weighted by molar-refractivity contribution is -0.129. The zero-order valence-corrected chi connectivity index (χ0v) is 12.4. The Morgan fingerprint density at radius 1 is 1.14 bits per heavy atom. The van der Waals surface area contributed by atoms with Crippen LogP contribution < -0.4 is 10.9 Å². The van der Waals surface area contributed by atoms with Crippen LogP contribution in [0.15, 0.2) is 30.3 Å². The summed E-state index contributed by atoms with van der Waals surface area (Å²) in [7, 11) is 0. The third-order valence-electron chi connectivity index (χ3n) is 3.02. The van der Waals surface area contributed by atoms with E-state index >= 15 is 0 Å². The first kappa shape index (κ1) is 15.7. The van der Waals surface area contributed by atoms with Crippen LogP contribution in [0, 0.1) is 19.7 Å². The molecule has 1 aromatic carbocycles. The molecule has 0 saturated heterocycles. The van der Waals surface area contributed by atoms with Crippen LogP contribution in [0.3, 0.4) is 0 Å². The number of aromatic nitrogens is 2. The van der Waals surface area contributed by atoms with Gasteiger partial charge < -0.3 is 0 Å². The van der Waals surface area contributed by atoms with Crippen LogP contribution >= 0.6 is 0 Å². The minimum absolute atomic E-state index is 0.0243. The first-order chi connectivity index (χ1) is 10.4. The zero-order chi connectivity index (χ0) is 16.1. The van der Waals surface area contributed by atoms with E-state index in [0.717, 1.165) is 11.4 Å². The minimum atomic E-state index is -0.381. The molecule has 1 aromatic heterocycles. The first-order valence-electron chi connectivity index (χ1n) is 6.77. The maximum atomic E-state index is 12.8. The molecular weight excluding hydrogens is 287 g/mol. The van der Waals surface area contributed by atoms with E-state index in [9.17, 15) is 14.0 Å². The van der Waals surface area contributed by atoms with Crippen LogP contribution in [0.5, 0.6) is 0 Å². The molecule has 2 N–H and O–H groups in total. The molecule has 22 heavy (non-hydrogen) atoms. The van der Waals surface area contributed by atoms with Crippen LogP contribution in [0.25, 0.3) is 0 Å². The SMILES string of the molecule is Cc1cc(C)n(CC(=O)NNC(=O)Cc2ccc(F)cc2)n1. The molecule has 1 heterocycles. The van der Waals surface area contributed by atoms with Gasteiger partial charge in [-0.25, -0.2) is 4.39 Å². The number of aryl methyl sites for hydroxylation is 2. The highest BCUT2D eigenvalue weighted by Gasteiger charge is 2.09. The molecule has 0 fully saturated rings. The van der Waals surface area contributed by atoms with E-state index in [1.165, 1.54) is 24.3 Å². The van der Waals surface area contributed by atoms with E-state index < -0.39 is 0 Å². The molecule has 116 valence electrons. The minimum Gasteiger partial charge on any atom is -0.273 e. The molecule has 0 aliphatic rings. The lowest BCUT2D eigenvalue weighted by Gasteiger charge is -2.08. The van der Waals surface area contributed by atoms with Gasteiger partial charge in [-0.2, -0.15) is 5.10 Å². The molecule has 2 aromatic rings. The third kappa shape index (κ3) is 4.41. The number of carbonyl (C=O) groups excluding carboxylic acids is 2. The lowest BCUT2D eigenvalue weighted by atomic mass is 10.1. The van der Waals surface area contributed by atoms with Gasteiger partial charge in [0, 0.05) is 5.69 Å². The van der Waals surface area contributed by atoms with Crippen molar-refractivity contribution in [3.63, 3.8) is 0 Å². The van der Waals surface area contributed by atoms with Crippen molar-refractivity contribution in [2.75, 3.05) is 0 Å². The van der Waals surface area contributed by atoms with Gasteiger partial charge in [-0.1, -0.05) is 12.1 Å². The van der Waals surface area contributed by atoms with Crippen molar-refractivity contribution in [1.29, 1.82) is 0 Å². The number of nitrogens with zero attached hydrogens (tertiary/aromatic N) is 2. The molecule has 0 spiro atoms. The van der Waals surface area contributed by atoms with Crippen LogP contribution in [-0.2, 0) is 22.6 Å². The Labute approximate surface area is 127 Å². The summed E-state index contributed by atoms with van der Waals surface area (Å²) in [5.41, 5.74) is 6.99. The van der Waals surface area contributed by atoms with Crippen molar-refractivity contribution in [1.82, 2.24) is 20.6 Å². The molecule has 0 bridgehead atoms. The Bertz CT molecular complexity index is 679. The number of hydrogen-bond donors (Lipinski definition) is 2. The predicted molar refractivity (Wildman–Crippen MR) is 78.1 cm³/mol. The molecule has 0 saturated carbocycles. The number of amides is 2. The van der Waals surface area contributed by atoms with Gasteiger partial charge in [0.05, 0.1) is 12.1 Å². The van der Waals surface area contributed by atoms with Crippen LogP contribution in [0.4, 0.5) is 4.39 Å². The van der Waals surface area contributed by atoms with E-state index in [-0.39, 0.29) is 30.6 Å². The summed E-state index contributed by atoms with van der Waals surface area (Å²) in [6.07, 6.45) is 0.0560. The number of carbonyl (C=O) groups is 2. The topological polar surface area (TPSA) is 76.0 Å². The Morgan fingerprint density at radius 3 is 2.36 bits per heavy atom. The summed E-state index contributed by atoms with van der Waals surface area (Å²) in [6, 6.07) is 7.47. The Hall–Kier alpha value is -2.70. The molecule has 6 nitrogen and oxygen atoms in total. The fourth-order valence-electron chi connectivity index (χ4n) is 1.98. The highest BCUT2D eigenvalue weighted by atomic mass is 19.1. The largest absolute Gasteiger partial charge is 0.273 e. The standard InChI is InChI=1S/C15H17FN4O2/c1-10-7-11(2)20(19-10)9-15(22)18-17-14(21)8-12-3-5-13(16)6-4-12/h3-7H,8-9H2,1-2H3,(H,17,21)(H,18,22). The molecule has 0 unspecified atom stereocenters. The van der Waals surface area contributed by atoms with Crippen LogP contribution in [0.1, 0.15) is 17.0 Å². The van der Waals surface area contributed by atoms with Gasteiger partial charge in [0.25, 0.3) is 5.91 Å². The van der Waals surface area contributed by atoms with Gasteiger partial charge in [0.1, 0.15) is 12.4 Å². The maximum Gasteiger partial charge on any atom is 0.260 e. The first-order valence-corrected chi connectivity index (χ1v) is 6.77. The van der Waals surface area contributed by atoms with Gasteiger partial charge in [0.15, 0.2) is 0 Å². The summed E-state index contributed by atoms with van der Waals surface area (Å²) >= 11 is 0. The molecule has 0 atom stereocenters. The van der Waals surface area contributed by atoms with Gasteiger partial charge in [-0.3, -0.25) is 25.1 Å². The molecule has 2 rings (SSSR count). The number of hydrazine groups is 1. The number of halogens is 1. The van der Waals surface area contributed by atoms with E-state index in [4.69, 9.17) is 0 Å². The van der Waals surface area contributed by atoms with E-state index in [2.05, 4.69) is 16.0 Å². The van der Waals surface area contributed by atoms with E-state index in [1.807, 2.05) is 19.9 Å². The van der Waals surface area contributed by atoms with Crippen LogP contribution in [0.2, 0.25) is 0 Å². The second-order valence-electron chi connectivity index (χ2n) is 4.98. The van der Waals surface area contributed by atoms with Gasteiger partial charge in [-0.15, -0.1) is 0 Å². The third-order valence-corrected chi connectivity index (χ3v) is 3.02. The summed E-state index contributed by atoms with van der Waals surface area (Å²) in [6.45, 7) is 3.71. The molecule has 2 amide bonds. The van der Waals surface area contributed by atoms with Crippen molar-refractivity contribution < 1.29 is 14.0 Å². The molecule has 0 radical (unpaired) electrons. The normalized spacial score (nSPS) is 10.3. The maximum absolute atomic E-state index is 12.8. The Kier molecular flexibility index (Phi) is 4.88. The summed E-state index contributed by atoms with van der Waals surface area (Å²) < 4.78 is 14.3. The molecular formula is C15H17FN4O2. The average Bonchev–Trinajstić information content (AvgIpc) is 2.77. The second-order valence-corrected chi connectivity index (χ2v) is 4.98. The monoisotopic (exact) mass is 304 g/mol. The van der Waals surface area contributed by atoms with Crippen molar-refractivity contribution in [2.45, 2.75) is 26.8 Å². The molecule has 0 aliphatic carbocycles. The highest BCUT2D eigenvalue weighted by molar-refractivity contribution is 5.83. The average molecular weight is 304 g/mol. The fourth-order valence-corrected chi connectivity index (χ4v) is 1.98. The second kappa shape index (κ2) is 6.84. The smallest absolute Gasteiger partial charge is 0.260 e. The van der Waals surface area contributed by atoms with E-state index in [0.29, 0.717) is 5.56 Å². The summed E-state index contributed by atoms with van der Waals surface area (Å²) in [4.78, 5) is 23.4. The number of benzene rings is 1. The van der Waals surface area contributed by atoms with Gasteiger partial charge in [0.2, 0.25) is 5.91 Å². The van der Waals surface area contributed by atoms with E-state index in [1.54, 1.807) is 4.68 Å².